The molecule has 0 spiro atoms. The van der Waals surface area contributed by atoms with Gasteiger partial charge in [0, 0.05) is 5.38 Å². The zero-order chi connectivity index (χ0) is 11.8. The number of anilines is 1. The molecule has 1 aliphatic rings. The van der Waals surface area contributed by atoms with E-state index in [-0.39, 0.29) is 6.61 Å². The highest BCUT2D eigenvalue weighted by Gasteiger charge is 2.41. The summed E-state index contributed by atoms with van der Waals surface area (Å²) >= 11 is 7.19. The first-order valence-electron chi connectivity index (χ1n) is 4.70. The van der Waals surface area contributed by atoms with Crippen LogP contribution in [0.25, 0.3) is 0 Å². The molecule has 5 nitrogen and oxygen atoms in total. The molecule has 2 rings (SSSR count). The van der Waals surface area contributed by atoms with Gasteiger partial charge in [0.25, 0.3) is 0 Å². The van der Waals surface area contributed by atoms with E-state index in [1.807, 2.05) is 11.8 Å². The Balaban J connectivity index is 1.86. The predicted molar refractivity (Wildman–Crippen MR) is 61.3 cm³/mol. The molecule has 1 saturated heterocycles. The minimum Gasteiger partial charge on any atom is -0.480 e. The fourth-order valence-electron chi connectivity index (χ4n) is 1.61. The highest BCUT2D eigenvalue weighted by molar-refractivity contribution is 7.14. The number of nitrogens with zero attached hydrogens (tertiary/aromatic N) is 2. The van der Waals surface area contributed by atoms with Crippen LogP contribution in [0.2, 0.25) is 5.15 Å². The monoisotopic (exact) mass is 262 g/mol. The number of hydrogen-bond acceptors (Lipinski definition) is 5. The van der Waals surface area contributed by atoms with Crippen LogP contribution < -0.4 is 4.90 Å². The third-order valence-electron chi connectivity index (χ3n) is 2.33. The van der Waals surface area contributed by atoms with E-state index in [0.29, 0.717) is 18.2 Å². The first kappa shape index (κ1) is 11.6. The zero-order valence-corrected chi connectivity index (χ0v) is 10.2. The van der Waals surface area contributed by atoms with Crippen molar-refractivity contribution in [3.05, 3.63) is 10.5 Å². The lowest BCUT2D eigenvalue weighted by molar-refractivity contribution is -0.150. The summed E-state index contributed by atoms with van der Waals surface area (Å²) in [6.07, 6.45) is 0. The summed E-state index contributed by atoms with van der Waals surface area (Å²) < 4.78 is 5.29. The fraction of sp³-hybridized carbons (Fsp3) is 0.556. The van der Waals surface area contributed by atoms with Gasteiger partial charge in [0.1, 0.15) is 17.4 Å². The van der Waals surface area contributed by atoms with E-state index in [0.717, 1.165) is 5.13 Å². The van der Waals surface area contributed by atoms with E-state index >= 15 is 0 Å². The van der Waals surface area contributed by atoms with E-state index in [4.69, 9.17) is 21.4 Å². The number of carbonyl (C=O) groups is 1. The molecule has 0 bridgehead atoms. The van der Waals surface area contributed by atoms with Crippen molar-refractivity contribution >= 4 is 34.0 Å². The molecule has 0 aliphatic carbocycles. The molecule has 1 aliphatic heterocycles. The third kappa shape index (κ3) is 2.45. The van der Waals surface area contributed by atoms with E-state index in [2.05, 4.69) is 4.98 Å². The number of halogens is 1. The van der Waals surface area contributed by atoms with Crippen molar-refractivity contribution in [3.8, 4) is 0 Å². The Morgan fingerprint density at radius 1 is 1.81 bits per heavy atom. The molecule has 0 unspecified atom stereocenters. The third-order valence-corrected chi connectivity index (χ3v) is 3.55. The lowest BCUT2D eigenvalue weighted by Crippen LogP contribution is -2.62. The highest BCUT2D eigenvalue weighted by Crippen LogP contribution is 2.33. The molecule has 0 saturated carbocycles. The average molecular weight is 263 g/mol. The maximum Gasteiger partial charge on any atom is 0.329 e. The van der Waals surface area contributed by atoms with Gasteiger partial charge in [-0.25, -0.2) is 9.78 Å². The Morgan fingerprint density at radius 2 is 2.50 bits per heavy atom. The number of aliphatic carboxylic acids is 1. The molecule has 0 atom stereocenters. The summed E-state index contributed by atoms with van der Waals surface area (Å²) in [6, 6.07) is 0. The number of carboxylic acid groups (broad SMARTS) is 1. The van der Waals surface area contributed by atoms with Crippen LogP contribution in [0.1, 0.15) is 6.92 Å². The summed E-state index contributed by atoms with van der Waals surface area (Å²) in [5, 5.41) is 11.6. The number of carboxylic acids is 1. The van der Waals surface area contributed by atoms with Crippen LogP contribution in [-0.2, 0) is 9.53 Å². The summed E-state index contributed by atoms with van der Waals surface area (Å²) in [4.78, 5) is 16.5. The second kappa shape index (κ2) is 4.20. The number of aromatic nitrogens is 1. The van der Waals surface area contributed by atoms with Crippen molar-refractivity contribution in [3.63, 3.8) is 0 Å². The predicted octanol–water partition coefficient (Wildman–Crippen LogP) is 1.48. The molecule has 1 N–H and O–H groups in total. The second-order valence-corrected chi connectivity index (χ2v) is 5.16. The van der Waals surface area contributed by atoms with Gasteiger partial charge in [-0.15, -0.1) is 11.3 Å². The van der Waals surface area contributed by atoms with Crippen molar-refractivity contribution < 1.29 is 14.6 Å². The number of ether oxygens (including phenoxy) is 1. The molecule has 0 radical (unpaired) electrons. The summed E-state index contributed by atoms with van der Waals surface area (Å²) in [6.45, 7) is 2.92. The quantitative estimate of drug-likeness (QED) is 0.890. The largest absolute Gasteiger partial charge is 0.480 e. The molecular weight excluding hydrogens is 252 g/mol. The van der Waals surface area contributed by atoms with Gasteiger partial charge in [0.2, 0.25) is 0 Å². The van der Waals surface area contributed by atoms with Gasteiger partial charge in [0.15, 0.2) is 5.13 Å². The van der Waals surface area contributed by atoms with E-state index in [1.165, 1.54) is 11.3 Å². The van der Waals surface area contributed by atoms with Crippen LogP contribution >= 0.6 is 22.9 Å². The minimum atomic E-state index is -0.947. The van der Waals surface area contributed by atoms with Crippen LogP contribution in [-0.4, -0.2) is 41.4 Å². The van der Waals surface area contributed by atoms with E-state index < -0.39 is 11.6 Å². The first-order chi connectivity index (χ1) is 7.48. The lowest BCUT2D eigenvalue weighted by atomic mass is 9.97. The van der Waals surface area contributed by atoms with Crippen molar-refractivity contribution in [2.75, 3.05) is 24.6 Å². The van der Waals surface area contributed by atoms with Gasteiger partial charge in [0.05, 0.1) is 13.1 Å². The van der Waals surface area contributed by atoms with Crippen LogP contribution in [0.15, 0.2) is 5.38 Å². The Kier molecular flexibility index (Phi) is 3.05. The molecule has 0 amide bonds. The van der Waals surface area contributed by atoms with Gasteiger partial charge in [-0.1, -0.05) is 11.6 Å². The summed E-state index contributed by atoms with van der Waals surface area (Å²) in [5.41, 5.74) is -0.392. The normalized spacial score (nSPS) is 18.2. The zero-order valence-electron chi connectivity index (χ0n) is 8.64. The molecule has 2 heterocycles. The highest BCUT2D eigenvalue weighted by atomic mass is 35.5. The topological polar surface area (TPSA) is 62.7 Å². The van der Waals surface area contributed by atoms with E-state index in [1.54, 1.807) is 5.38 Å². The van der Waals surface area contributed by atoms with Crippen LogP contribution in [0.4, 0.5) is 5.13 Å². The van der Waals surface area contributed by atoms with Gasteiger partial charge in [-0.2, -0.15) is 0 Å². The minimum absolute atomic E-state index is 0.261. The fourth-order valence-corrected chi connectivity index (χ4v) is 2.56. The van der Waals surface area contributed by atoms with Gasteiger partial charge < -0.3 is 14.7 Å². The molecule has 1 aromatic heterocycles. The SMILES string of the molecule is CC1(OCC(=O)O)CN(c2nc(Cl)cs2)C1. The number of hydrogen-bond donors (Lipinski definition) is 1. The molecule has 16 heavy (non-hydrogen) atoms. The number of thiazole rings is 1. The molecule has 0 aromatic carbocycles. The number of rotatable bonds is 4. The van der Waals surface area contributed by atoms with E-state index in [9.17, 15) is 4.79 Å². The second-order valence-electron chi connectivity index (χ2n) is 3.94. The van der Waals surface area contributed by atoms with Crippen molar-refractivity contribution in [1.29, 1.82) is 0 Å². The maximum absolute atomic E-state index is 10.4. The standard InChI is InChI=1S/C9H11ClN2O3S/c1-9(15-2-7(13)14)4-12(5-9)8-11-6(10)3-16-8/h3H,2,4-5H2,1H3,(H,13,14). The summed E-state index contributed by atoms with van der Waals surface area (Å²) in [7, 11) is 0. The van der Waals surface area contributed by atoms with Crippen LogP contribution in [0, 0.1) is 0 Å². The Morgan fingerprint density at radius 3 is 3.00 bits per heavy atom. The molecule has 7 heteroatoms. The van der Waals surface area contributed by atoms with Crippen LogP contribution in [0.3, 0.4) is 0 Å². The molecule has 88 valence electrons. The molecule has 1 aromatic rings. The van der Waals surface area contributed by atoms with Crippen molar-refractivity contribution in [2.45, 2.75) is 12.5 Å². The Hall–Kier alpha value is -0.850. The van der Waals surface area contributed by atoms with Crippen LogP contribution in [0.5, 0.6) is 0 Å². The van der Waals surface area contributed by atoms with Crippen molar-refractivity contribution in [2.24, 2.45) is 0 Å². The maximum atomic E-state index is 10.4. The first-order valence-corrected chi connectivity index (χ1v) is 5.96. The smallest absolute Gasteiger partial charge is 0.329 e. The lowest BCUT2D eigenvalue weighted by Gasteiger charge is -2.47. The average Bonchev–Trinajstić information content (AvgIpc) is 2.57. The van der Waals surface area contributed by atoms with Crippen molar-refractivity contribution in [1.82, 2.24) is 4.98 Å². The van der Waals surface area contributed by atoms with Gasteiger partial charge in [-0.3, -0.25) is 0 Å². The molecular formula is C9H11ClN2O3S. The Labute approximate surface area is 102 Å². The van der Waals surface area contributed by atoms with Gasteiger partial charge in [-0.05, 0) is 6.92 Å². The molecule has 1 fully saturated rings. The summed E-state index contributed by atoms with van der Waals surface area (Å²) in [5.74, 6) is -0.947. The van der Waals surface area contributed by atoms with Gasteiger partial charge >= 0.3 is 5.97 Å². The Bertz CT molecular complexity index is 403.